The highest BCUT2D eigenvalue weighted by Gasteiger charge is 2.18. The number of pyridine rings is 1. The maximum Gasteiger partial charge on any atom is 0.166 e. The molecule has 0 bridgehead atoms. The maximum atomic E-state index is 14.2. The van der Waals surface area contributed by atoms with Gasteiger partial charge < -0.3 is 9.47 Å². The average molecular weight is 442 g/mol. The molecular formula is C26H29ClFNO2. The summed E-state index contributed by atoms with van der Waals surface area (Å²) in [5, 5.41) is 0.331. The van der Waals surface area contributed by atoms with Crippen LogP contribution in [0.25, 0.3) is 11.3 Å². The molecule has 3 nitrogen and oxygen atoms in total. The summed E-state index contributed by atoms with van der Waals surface area (Å²) in [6.07, 6.45) is 1.82. The zero-order valence-electron chi connectivity index (χ0n) is 18.8. The Morgan fingerprint density at radius 2 is 1.68 bits per heavy atom. The zero-order chi connectivity index (χ0) is 22.5. The van der Waals surface area contributed by atoms with Crippen LogP contribution < -0.4 is 9.47 Å². The molecule has 1 aromatic heterocycles. The molecule has 0 unspecified atom stereocenters. The normalized spacial score (nSPS) is 11.1. The van der Waals surface area contributed by atoms with Crippen LogP contribution in [0.4, 0.5) is 4.39 Å². The van der Waals surface area contributed by atoms with Gasteiger partial charge in [-0.05, 0) is 62.9 Å². The molecule has 164 valence electrons. The minimum absolute atomic E-state index is 0.0206. The largest absolute Gasteiger partial charge is 0.490 e. The number of rotatable bonds is 8. The second-order valence-corrected chi connectivity index (χ2v) is 8.19. The summed E-state index contributed by atoms with van der Waals surface area (Å²) in [6.45, 7) is 10.4. The van der Waals surface area contributed by atoms with E-state index in [1.54, 1.807) is 6.07 Å². The fourth-order valence-electron chi connectivity index (χ4n) is 3.65. The van der Waals surface area contributed by atoms with E-state index in [1.165, 1.54) is 28.8 Å². The van der Waals surface area contributed by atoms with Crippen LogP contribution >= 0.6 is 11.6 Å². The van der Waals surface area contributed by atoms with E-state index in [4.69, 9.17) is 26.1 Å². The van der Waals surface area contributed by atoms with Crippen LogP contribution in [0, 0.1) is 12.7 Å². The molecule has 0 fully saturated rings. The Morgan fingerprint density at radius 3 is 2.26 bits per heavy atom. The molecule has 0 aliphatic rings. The predicted molar refractivity (Wildman–Crippen MR) is 125 cm³/mol. The van der Waals surface area contributed by atoms with Gasteiger partial charge in [-0.25, -0.2) is 4.39 Å². The van der Waals surface area contributed by atoms with E-state index < -0.39 is 5.82 Å². The Kier molecular flexibility index (Phi) is 7.55. The quantitative estimate of drug-likeness (QED) is 0.366. The summed E-state index contributed by atoms with van der Waals surface area (Å²) in [5.74, 6) is 0.360. The second-order valence-electron chi connectivity index (χ2n) is 7.76. The number of aryl methyl sites for hydroxylation is 3. The third-order valence-electron chi connectivity index (χ3n) is 5.17. The fraction of sp³-hybridized carbons (Fsp3) is 0.346. The number of ether oxygens (including phenoxy) is 2. The average Bonchev–Trinajstić information content (AvgIpc) is 2.73. The van der Waals surface area contributed by atoms with Gasteiger partial charge in [-0.1, -0.05) is 43.6 Å². The lowest BCUT2D eigenvalue weighted by molar-refractivity contribution is 0.227. The van der Waals surface area contributed by atoms with Crippen LogP contribution in [0.3, 0.4) is 0 Å². The van der Waals surface area contributed by atoms with E-state index in [-0.39, 0.29) is 18.5 Å². The van der Waals surface area contributed by atoms with Crippen molar-refractivity contribution in [3.8, 4) is 22.8 Å². The molecule has 0 amide bonds. The molecule has 5 heteroatoms. The van der Waals surface area contributed by atoms with Crippen molar-refractivity contribution in [2.45, 2.75) is 60.2 Å². The first-order chi connectivity index (χ1) is 14.8. The molecule has 3 rings (SSSR count). The van der Waals surface area contributed by atoms with Gasteiger partial charge in [0.1, 0.15) is 12.4 Å². The van der Waals surface area contributed by atoms with Gasteiger partial charge in [-0.2, -0.15) is 0 Å². The van der Waals surface area contributed by atoms with Crippen LogP contribution in [0.1, 0.15) is 50.1 Å². The van der Waals surface area contributed by atoms with Crippen molar-refractivity contribution in [1.29, 1.82) is 0 Å². The van der Waals surface area contributed by atoms with Crippen molar-refractivity contribution in [2.75, 3.05) is 0 Å². The van der Waals surface area contributed by atoms with E-state index in [0.29, 0.717) is 10.8 Å². The standard InChI is InChI=1S/C26H29ClFNO2/c1-6-18-9-8-10-19(7-2)26(18)23-14-25(31-16(3)4)21(17(5)29-23)15-30-24-12-11-20(27)13-22(24)28/h8-14,16H,6-7,15H2,1-5H3. The number of hydrogen-bond acceptors (Lipinski definition) is 3. The Balaban J connectivity index is 2.04. The molecule has 3 aromatic rings. The number of benzene rings is 2. The molecule has 31 heavy (non-hydrogen) atoms. The van der Waals surface area contributed by atoms with Crippen LogP contribution in [-0.4, -0.2) is 11.1 Å². The summed E-state index contributed by atoms with van der Waals surface area (Å²) in [6, 6.07) is 12.8. The smallest absolute Gasteiger partial charge is 0.166 e. The number of nitrogens with zero attached hydrogens (tertiary/aromatic N) is 1. The van der Waals surface area contributed by atoms with Crippen LogP contribution in [0.5, 0.6) is 11.5 Å². The number of halogens is 2. The minimum atomic E-state index is -0.495. The van der Waals surface area contributed by atoms with Crippen molar-refractivity contribution in [3.63, 3.8) is 0 Å². The van der Waals surface area contributed by atoms with Crippen LogP contribution in [0.2, 0.25) is 5.02 Å². The van der Waals surface area contributed by atoms with Gasteiger partial charge >= 0.3 is 0 Å². The first-order valence-electron chi connectivity index (χ1n) is 10.7. The summed E-state index contributed by atoms with van der Waals surface area (Å²) < 4.78 is 26.1. The fourth-order valence-corrected chi connectivity index (χ4v) is 3.81. The molecule has 0 aliphatic carbocycles. The molecular weight excluding hydrogens is 413 g/mol. The first kappa shape index (κ1) is 23.1. The van der Waals surface area contributed by atoms with Gasteiger partial charge in [0, 0.05) is 22.3 Å². The van der Waals surface area contributed by atoms with Gasteiger partial charge in [-0.15, -0.1) is 0 Å². The molecule has 0 N–H and O–H groups in total. The molecule has 0 atom stereocenters. The molecule has 0 aliphatic heterocycles. The number of aromatic nitrogens is 1. The lowest BCUT2D eigenvalue weighted by Gasteiger charge is -2.20. The Labute approximate surface area is 189 Å². The van der Waals surface area contributed by atoms with Gasteiger partial charge in [-0.3, -0.25) is 4.98 Å². The van der Waals surface area contributed by atoms with Gasteiger partial charge in [0.2, 0.25) is 0 Å². The lowest BCUT2D eigenvalue weighted by Crippen LogP contribution is -2.12. The Hall–Kier alpha value is -2.59. The predicted octanol–water partition coefficient (Wildman–Crippen LogP) is 7.34. The molecule has 0 radical (unpaired) electrons. The van der Waals surface area contributed by atoms with E-state index in [0.717, 1.165) is 29.8 Å². The van der Waals surface area contributed by atoms with Crippen LogP contribution in [0.15, 0.2) is 42.5 Å². The third-order valence-corrected chi connectivity index (χ3v) is 5.41. The van der Waals surface area contributed by atoms with Crippen molar-refractivity contribution in [3.05, 3.63) is 75.7 Å². The van der Waals surface area contributed by atoms with Gasteiger partial charge in [0.25, 0.3) is 0 Å². The van der Waals surface area contributed by atoms with E-state index in [1.807, 2.05) is 26.8 Å². The SMILES string of the molecule is CCc1cccc(CC)c1-c1cc(OC(C)C)c(COc2ccc(Cl)cc2F)c(C)n1. The van der Waals surface area contributed by atoms with Gasteiger partial charge in [0.15, 0.2) is 11.6 Å². The van der Waals surface area contributed by atoms with Crippen molar-refractivity contribution >= 4 is 11.6 Å². The lowest BCUT2D eigenvalue weighted by atomic mass is 9.94. The van der Waals surface area contributed by atoms with E-state index in [9.17, 15) is 4.39 Å². The highest BCUT2D eigenvalue weighted by Crippen LogP contribution is 2.34. The maximum absolute atomic E-state index is 14.2. The van der Waals surface area contributed by atoms with Crippen molar-refractivity contribution < 1.29 is 13.9 Å². The second kappa shape index (κ2) is 10.1. The molecule has 0 saturated carbocycles. The third kappa shape index (κ3) is 5.37. The van der Waals surface area contributed by atoms with Crippen molar-refractivity contribution in [2.24, 2.45) is 0 Å². The highest BCUT2D eigenvalue weighted by molar-refractivity contribution is 6.30. The molecule has 0 saturated heterocycles. The zero-order valence-corrected chi connectivity index (χ0v) is 19.5. The van der Waals surface area contributed by atoms with Crippen LogP contribution in [-0.2, 0) is 19.4 Å². The summed E-state index contributed by atoms with van der Waals surface area (Å²) in [7, 11) is 0. The van der Waals surface area contributed by atoms with Crippen molar-refractivity contribution in [1.82, 2.24) is 4.98 Å². The highest BCUT2D eigenvalue weighted by atomic mass is 35.5. The summed E-state index contributed by atoms with van der Waals surface area (Å²) in [5.41, 5.74) is 6.18. The summed E-state index contributed by atoms with van der Waals surface area (Å²) >= 11 is 5.84. The minimum Gasteiger partial charge on any atom is -0.490 e. The molecule has 2 aromatic carbocycles. The summed E-state index contributed by atoms with van der Waals surface area (Å²) in [4.78, 5) is 4.90. The van der Waals surface area contributed by atoms with E-state index in [2.05, 4.69) is 32.0 Å². The number of hydrogen-bond donors (Lipinski definition) is 0. The first-order valence-corrected chi connectivity index (χ1v) is 11.1. The Morgan fingerprint density at radius 1 is 1.00 bits per heavy atom. The van der Waals surface area contributed by atoms with Gasteiger partial charge in [0.05, 0.1) is 17.4 Å². The topological polar surface area (TPSA) is 31.4 Å². The van der Waals surface area contributed by atoms with E-state index >= 15 is 0 Å². The monoisotopic (exact) mass is 441 g/mol. The Bertz CT molecular complexity index is 1040. The molecule has 0 spiro atoms. The molecule has 1 heterocycles.